The zero-order chi connectivity index (χ0) is 13.7. The second-order valence-corrected chi connectivity index (χ2v) is 6.35. The van der Waals surface area contributed by atoms with Crippen molar-refractivity contribution in [2.75, 3.05) is 13.6 Å². The second-order valence-electron chi connectivity index (χ2n) is 6.35. The van der Waals surface area contributed by atoms with Crippen molar-refractivity contribution < 1.29 is 4.79 Å². The van der Waals surface area contributed by atoms with Crippen LogP contribution in [0.5, 0.6) is 0 Å². The largest absolute Gasteiger partial charge is 0.343 e. The van der Waals surface area contributed by atoms with E-state index >= 15 is 0 Å². The minimum atomic E-state index is 0.324. The molecule has 1 amide bonds. The molecule has 3 nitrogen and oxygen atoms in total. The lowest BCUT2D eigenvalue weighted by atomic mass is 9.86. The molecule has 0 aromatic rings. The van der Waals surface area contributed by atoms with Crippen LogP contribution < -0.4 is 5.32 Å². The van der Waals surface area contributed by atoms with Crippen LogP contribution in [0.4, 0.5) is 0 Å². The first kappa shape index (κ1) is 14.8. The molecule has 0 aromatic heterocycles. The average Bonchev–Trinajstić information content (AvgIpc) is 2.48. The zero-order valence-corrected chi connectivity index (χ0v) is 12.7. The third-order valence-electron chi connectivity index (χ3n) is 5.04. The van der Waals surface area contributed by atoms with Crippen molar-refractivity contribution in [3.63, 3.8) is 0 Å². The summed E-state index contributed by atoms with van der Waals surface area (Å²) in [7, 11) is 2.04. The number of amides is 1. The quantitative estimate of drug-likeness (QED) is 0.848. The Morgan fingerprint density at radius 1 is 1.05 bits per heavy atom. The van der Waals surface area contributed by atoms with Crippen LogP contribution in [0.2, 0.25) is 0 Å². The van der Waals surface area contributed by atoms with E-state index in [9.17, 15) is 4.79 Å². The normalized spacial score (nSPS) is 29.2. The Morgan fingerprint density at radius 2 is 1.68 bits per heavy atom. The van der Waals surface area contributed by atoms with Gasteiger partial charge in [0.05, 0.1) is 0 Å². The van der Waals surface area contributed by atoms with Crippen LogP contribution in [0.25, 0.3) is 0 Å². The molecule has 2 fully saturated rings. The molecule has 0 radical (unpaired) electrons. The molecule has 110 valence electrons. The number of nitrogens with zero attached hydrogens (tertiary/aromatic N) is 1. The van der Waals surface area contributed by atoms with Gasteiger partial charge in [-0.15, -0.1) is 0 Å². The maximum atomic E-state index is 12.5. The zero-order valence-electron chi connectivity index (χ0n) is 12.7. The molecule has 19 heavy (non-hydrogen) atoms. The van der Waals surface area contributed by atoms with Crippen LogP contribution in [0.3, 0.4) is 0 Å². The summed E-state index contributed by atoms with van der Waals surface area (Å²) in [5.41, 5.74) is 0. The molecule has 0 aliphatic heterocycles. The summed E-state index contributed by atoms with van der Waals surface area (Å²) in [5, 5.41) is 3.53. The van der Waals surface area contributed by atoms with Crippen LogP contribution in [0.1, 0.15) is 64.7 Å². The van der Waals surface area contributed by atoms with Crippen molar-refractivity contribution >= 4 is 5.91 Å². The molecule has 0 bridgehead atoms. The van der Waals surface area contributed by atoms with E-state index in [0.29, 0.717) is 23.9 Å². The van der Waals surface area contributed by atoms with Crippen molar-refractivity contribution in [1.82, 2.24) is 10.2 Å². The Morgan fingerprint density at radius 3 is 2.26 bits per heavy atom. The highest BCUT2D eigenvalue weighted by molar-refractivity contribution is 5.79. The summed E-state index contributed by atoms with van der Waals surface area (Å²) < 4.78 is 0. The van der Waals surface area contributed by atoms with Gasteiger partial charge in [-0.1, -0.05) is 26.2 Å². The number of rotatable bonds is 4. The van der Waals surface area contributed by atoms with Gasteiger partial charge >= 0.3 is 0 Å². The Bertz CT molecular complexity index is 278. The number of hydrogen-bond acceptors (Lipinski definition) is 2. The summed E-state index contributed by atoms with van der Waals surface area (Å²) in [6.07, 6.45) is 10.8. The van der Waals surface area contributed by atoms with Crippen LogP contribution in [0, 0.1) is 5.92 Å². The first-order chi connectivity index (χ1) is 9.22. The van der Waals surface area contributed by atoms with Crippen molar-refractivity contribution in [2.24, 2.45) is 5.92 Å². The minimum Gasteiger partial charge on any atom is -0.343 e. The van der Waals surface area contributed by atoms with E-state index in [-0.39, 0.29) is 0 Å². The molecule has 2 saturated carbocycles. The standard InChI is InChI=1S/C16H30N2O/c1-3-17-14-9-11-15(12-10-14)18(2)16(19)13-7-5-4-6-8-13/h13-15,17H,3-12H2,1-2H3. The molecule has 0 unspecified atom stereocenters. The first-order valence-electron chi connectivity index (χ1n) is 8.22. The van der Waals surface area contributed by atoms with Crippen molar-refractivity contribution in [3.05, 3.63) is 0 Å². The van der Waals surface area contributed by atoms with Crippen molar-refractivity contribution in [1.29, 1.82) is 0 Å². The number of carbonyl (C=O) groups is 1. The van der Waals surface area contributed by atoms with Gasteiger partial charge in [-0.3, -0.25) is 4.79 Å². The molecule has 1 N–H and O–H groups in total. The fraction of sp³-hybridized carbons (Fsp3) is 0.938. The molecule has 0 aromatic carbocycles. The van der Waals surface area contributed by atoms with E-state index in [4.69, 9.17) is 0 Å². The van der Waals surface area contributed by atoms with Gasteiger partial charge in [0.2, 0.25) is 5.91 Å². The van der Waals surface area contributed by atoms with Crippen LogP contribution >= 0.6 is 0 Å². The van der Waals surface area contributed by atoms with Gasteiger partial charge < -0.3 is 10.2 Å². The molecular weight excluding hydrogens is 236 g/mol. The summed E-state index contributed by atoms with van der Waals surface area (Å²) >= 11 is 0. The molecule has 0 atom stereocenters. The highest BCUT2D eigenvalue weighted by Crippen LogP contribution is 2.28. The van der Waals surface area contributed by atoms with E-state index in [2.05, 4.69) is 17.1 Å². The SMILES string of the molecule is CCNC1CCC(N(C)C(=O)C2CCCCC2)CC1. The third kappa shape index (κ3) is 3.95. The third-order valence-corrected chi connectivity index (χ3v) is 5.04. The molecule has 2 rings (SSSR count). The number of carbonyl (C=O) groups excluding carboxylic acids is 1. The summed E-state index contributed by atoms with van der Waals surface area (Å²) in [6, 6.07) is 1.17. The topological polar surface area (TPSA) is 32.3 Å². The van der Waals surface area contributed by atoms with Crippen LogP contribution in [0.15, 0.2) is 0 Å². The molecule has 2 aliphatic carbocycles. The molecule has 0 spiro atoms. The average molecular weight is 266 g/mol. The summed E-state index contributed by atoms with van der Waals surface area (Å²) in [5.74, 6) is 0.747. The van der Waals surface area contributed by atoms with E-state index in [1.165, 1.54) is 44.9 Å². The predicted octanol–water partition coefficient (Wildman–Crippen LogP) is 2.95. The lowest BCUT2D eigenvalue weighted by molar-refractivity contribution is -0.138. The van der Waals surface area contributed by atoms with Gasteiger partial charge in [0.1, 0.15) is 0 Å². The molecular formula is C16H30N2O. The minimum absolute atomic E-state index is 0.324. The van der Waals surface area contributed by atoms with E-state index < -0.39 is 0 Å². The monoisotopic (exact) mass is 266 g/mol. The van der Waals surface area contributed by atoms with Gasteiger partial charge in [0.15, 0.2) is 0 Å². The highest BCUT2D eigenvalue weighted by atomic mass is 16.2. The Balaban J connectivity index is 1.79. The lowest BCUT2D eigenvalue weighted by Gasteiger charge is -2.37. The maximum Gasteiger partial charge on any atom is 0.225 e. The lowest BCUT2D eigenvalue weighted by Crippen LogP contribution is -2.45. The van der Waals surface area contributed by atoms with Crippen molar-refractivity contribution in [3.8, 4) is 0 Å². The van der Waals surface area contributed by atoms with Gasteiger partial charge in [-0.2, -0.15) is 0 Å². The summed E-state index contributed by atoms with van der Waals surface area (Å²) in [6.45, 7) is 3.23. The Kier molecular flexibility index (Phi) is 5.68. The van der Waals surface area contributed by atoms with E-state index in [0.717, 1.165) is 19.4 Å². The maximum absolute atomic E-state index is 12.5. The highest BCUT2D eigenvalue weighted by Gasteiger charge is 2.30. The van der Waals surface area contributed by atoms with Gasteiger partial charge in [0, 0.05) is 25.0 Å². The molecule has 0 heterocycles. The van der Waals surface area contributed by atoms with Crippen molar-refractivity contribution in [2.45, 2.75) is 76.8 Å². The van der Waals surface area contributed by atoms with Crippen LogP contribution in [-0.2, 0) is 4.79 Å². The van der Waals surface area contributed by atoms with E-state index in [1.807, 2.05) is 7.05 Å². The molecule has 3 heteroatoms. The fourth-order valence-corrected chi connectivity index (χ4v) is 3.77. The molecule has 2 aliphatic rings. The van der Waals surface area contributed by atoms with Gasteiger partial charge in [-0.25, -0.2) is 0 Å². The predicted molar refractivity (Wildman–Crippen MR) is 79.1 cm³/mol. The smallest absolute Gasteiger partial charge is 0.225 e. The van der Waals surface area contributed by atoms with Crippen LogP contribution in [-0.4, -0.2) is 36.5 Å². The van der Waals surface area contributed by atoms with E-state index in [1.54, 1.807) is 0 Å². The second kappa shape index (κ2) is 7.28. The number of nitrogens with one attached hydrogen (secondary N) is 1. The Hall–Kier alpha value is -0.570. The molecule has 0 saturated heterocycles. The van der Waals surface area contributed by atoms with Gasteiger partial charge in [-0.05, 0) is 45.1 Å². The Labute approximate surface area is 118 Å². The van der Waals surface area contributed by atoms with Gasteiger partial charge in [0.25, 0.3) is 0 Å². The first-order valence-corrected chi connectivity index (χ1v) is 8.22. The fourth-order valence-electron chi connectivity index (χ4n) is 3.77. The summed E-state index contributed by atoms with van der Waals surface area (Å²) in [4.78, 5) is 14.6. The number of hydrogen-bond donors (Lipinski definition) is 1.